The van der Waals surface area contributed by atoms with E-state index in [-0.39, 0.29) is 11.3 Å². The Morgan fingerprint density at radius 1 is 1.15 bits per heavy atom. The Labute approximate surface area is 209 Å². The average Bonchev–Trinajstić information content (AvgIpc) is 2.79. The molecule has 0 spiro atoms. The van der Waals surface area contributed by atoms with Crippen LogP contribution < -0.4 is 11.1 Å². The van der Waals surface area contributed by atoms with Gasteiger partial charge in [0.15, 0.2) is 0 Å². The molecule has 1 aliphatic carbocycles. The standard InChI is InChI=1S/C27H42ClN3O3/c1-26(2,3)34-25(33)30-23(19-20-9-11-22(28)12-10-20)24(32)31-17-14-27(13-16-29,15-18-31)21-7-5-4-6-8-21/h9-12,21,23H,4-8,13-19,29H2,1-3H3,(H,30,33)/t23-/m1/s1. The normalized spacial score (nSPS) is 20.0. The molecule has 7 heteroatoms. The number of hydrogen-bond donors (Lipinski definition) is 2. The van der Waals surface area contributed by atoms with Crippen LogP contribution >= 0.6 is 11.6 Å². The number of nitrogens with zero attached hydrogens (tertiary/aromatic N) is 1. The first-order valence-corrected chi connectivity index (χ1v) is 13.2. The van der Waals surface area contributed by atoms with Gasteiger partial charge in [0.25, 0.3) is 0 Å². The second-order valence-electron chi connectivity index (χ2n) is 11.1. The zero-order valence-electron chi connectivity index (χ0n) is 21.1. The van der Waals surface area contributed by atoms with E-state index < -0.39 is 17.7 Å². The van der Waals surface area contributed by atoms with E-state index >= 15 is 0 Å². The summed E-state index contributed by atoms with van der Waals surface area (Å²) >= 11 is 6.03. The van der Waals surface area contributed by atoms with Crippen LogP contribution in [0, 0.1) is 11.3 Å². The summed E-state index contributed by atoms with van der Waals surface area (Å²) in [5.41, 5.74) is 6.60. The Morgan fingerprint density at radius 3 is 2.32 bits per heavy atom. The van der Waals surface area contributed by atoms with Crippen molar-refractivity contribution in [2.75, 3.05) is 19.6 Å². The van der Waals surface area contributed by atoms with Crippen LogP contribution in [0.4, 0.5) is 4.79 Å². The number of nitrogens with one attached hydrogen (secondary N) is 1. The van der Waals surface area contributed by atoms with E-state index in [4.69, 9.17) is 22.1 Å². The maximum absolute atomic E-state index is 13.6. The Morgan fingerprint density at radius 2 is 1.76 bits per heavy atom. The summed E-state index contributed by atoms with van der Waals surface area (Å²) in [7, 11) is 0. The highest BCUT2D eigenvalue weighted by atomic mass is 35.5. The van der Waals surface area contributed by atoms with Crippen LogP contribution in [-0.4, -0.2) is 48.2 Å². The van der Waals surface area contributed by atoms with Gasteiger partial charge in [-0.25, -0.2) is 4.79 Å². The molecule has 0 bridgehead atoms. The maximum Gasteiger partial charge on any atom is 0.408 e. The van der Waals surface area contributed by atoms with Crippen LogP contribution in [0.1, 0.15) is 77.7 Å². The molecule has 0 aromatic heterocycles. The number of ether oxygens (including phenoxy) is 1. The molecule has 3 rings (SSSR count). The third kappa shape index (κ3) is 7.35. The summed E-state index contributed by atoms with van der Waals surface area (Å²) in [6.45, 7) is 7.56. The third-order valence-corrected chi connectivity index (χ3v) is 7.78. The molecule has 3 N–H and O–H groups in total. The summed E-state index contributed by atoms with van der Waals surface area (Å²) < 4.78 is 5.45. The minimum absolute atomic E-state index is 0.0502. The fraction of sp³-hybridized carbons (Fsp3) is 0.704. The highest BCUT2D eigenvalue weighted by Crippen LogP contribution is 2.48. The van der Waals surface area contributed by atoms with Crippen molar-refractivity contribution >= 4 is 23.6 Å². The van der Waals surface area contributed by atoms with Crippen molar-refractivity contribution in [3.05, 3.63) is 34.9 Å². The molecule has 1 aromatic rings. The zero-order valence-corrected chi connectivity index (χ0v) is 21.8. The van der Waals surface area contributed by atoms with Crippen LogP contribution in [0.25, 0.3) is 0 Å². The lowest BCUT2D eigenvalue weighted by molar-refractivity contribution is -0.136. The number of hydrogen-bond acceptors (Lipinski definition) is 4. The number of carbonyl (C=O) groups excluding carboxylic acids is 2. The lowest BCUT2D eigenvalue weighted by atomic mass is 9.62. The number of halogens is 1. The van der Waals surface area contributed by atoms with Gasteiger partial charge in [0.05, 0.1) is 0 Å². The number of amides is 2. The molecule has 2 amide bonds. The van der Waals surface area contributed by atoms with Gasteiger partial charge in [-0.2, -0.15) is 0 Å². The van der Waals surface area contributed by atoms with Crippen molar-refractivity contribution in [2.45, 2.75) is 90.2 Å². The van der Waals surface area contributed by atoms with E-state index in [1.54, 1.807) is 12.1 Å². The number of rotatable bonds is 7. The van der Waals surface area contributed by atoms with Crippen LogP contribution in [0.3, 0.4) is 0 Å². The summed E-state index contributed by atoms with van der Waals surface area (Å²) in [6.07, 6.45) is 9.35. The maximum atomic E-state index is 13.6. The molecular weight excluding hydrogens is 450 g/mol. The van der Waals surface area contributed by atoms with Gasteiger partial charge in [-0.05, 0) is 88.4 Å². The fourth-order valence-electron chi connectivity index (χ4n) is 5.76. The largest absolute Gasteiger partial charge is 0.444 e. The van der Waals surface area contributed by atoms with Crippen LogP contribution in [0.5, 0.6) is 0 Å². The minimum Gasteiger partial charge on any atom is -0.444 e. The third-order valence-electron chi connectivity index (χ3n) is 7.53. The molecule has 1 atom stereocenters. The van der Waals surface area contributed by atoms with Crippen molar-refractivity contribution in [1.29, 1.82) is 0 Å². The van der Waals surface area contributed by atoms with Crippen molar-refractivity contribution in [1.82, 2.24) is 10.2 Å². The first-order valence-electron chi connectivity index (χ1n) is 12.8. The minimum atomic E-state index is -0.687. The summed E-state index contributed by atoms with van der Waals surface area (Å²) in [5, 5.41) is 3.48. The van der Waals surface area contributed by atoms with Gasteiger partial charge in [-0.3, -0.25) is 4.79 Å². The van der Waals surface area contributed by atoms with Gasteiger partial charge in [0.2, 0.25) is 5.91 Å². The zero-order chi connectivity index (χ0) is 24.8. The Kier molecular flexibility index (Phi) is 9.27. The lowest BCUT2D eigenvalue weighted by Gasteiger charge is -2.48. The van der Waals surface area contributed by atoms with Gasteiger partial charge in [0, 0.05) is 24.5 Å². The lowest BCUT2D eigenvalue weighted by Crippen LogP contribution is -2.54. The van der Waals surface area contributed by atoms with E-state index in [9.17, 15) is 9.59 Å². The summed E-state index contributed by atoms with van der Waals surface area (Å²) in [5.74, 6) is 0.664. The molecule has 1 saturated heterocycles. The first kappa shape index (κ1) is 26.8. The molecule has 1 aliphatic heterocycles. The number of nitrogens with two attached hydrogens (primary N) is 1. The average molecular weight is 492 g/mol. The Balaban J connectivity index is 1.70. The van der Waals surface area contributed by atoms with E-state index in [2.05, 4.69) is 5.32 Å². The van der Waals surface area contributed by atoms with Crippen molar-refractivity contribution < 1.29 is 14.3 Å². The van der Waals surface area contributed by atoms with E-state index in [0.29, 0.717) is 37.0 Å². The number of benzene rings is 1. The molecule has 34 heavy (non-hydrogen) atoms. The van der Waals surface area contributed by atoms with Gasteiger partial charge >= 0.3 is 6.09 Å². The molecule has 1 heterocycles. The summed E-state index contributed by atoms with van der Waals surface area (Å²) in [4.78, 5) is 28.1. The Bertz CT molecular complexity index is 807. The molecule has 6 nitrogen and oxygen atoms in total. The molecule has 190 valence electrons. The van der Waals surface area contributed by atoms with Gasteiger partial charge in [-0.1, -0.05) is 43.0 Å². The topological polar surface area (TPSA) is 84.7 Å². The van der Waals surface area contributed by atoms with E-state index in [1.165, 1.54) is 32.1 Å². The SMILES string of the molecule is CC(C)(C)OC(=O)N[C@H](Cc1ccc(Cl)cc1)C(=O)N1CCC(CCN)(C2CCCCC2)CC1. The molecule has 0 unspecified atom stereocenters. The second kappa shape index (κ2) is 11.8. The van der Waals surface area contributed by atoms with Gasteiger partial charge in [0.1, 0.15) is 11.6 Å². The smallest absolute Gasteiger partial charge is 0.408 e. The molecule has 2 fully saturated rings. The Hall–Kier alpha value is -1.79. The number of alkyl carbamates (subject to hydrolysis) is 1. The molecule has 0 radical (unpaired) electrons. The predicted octanol–water partition coefficient (Wildman–Crippen LogP) is 5.31. The number of carbonyl (C=O) groups is 2. The second-order valence-corrected chi connectivity index (χ2v) is 11.5. The van der Waals surface area contributed by atoms with Crippen LogP contribution in [0.2, 0.25) is 5.02 Å². The number of likely N-dealkylation sites (tertiary alicyclic amines) is 1. The molecule has 1 saturated carbocycles. The van der Waals surface area contributed by atoms with Crippen molar-refractivity contribution in [2.24, 2.45) is 17.1 Å². The van der Waals surface area contributed by atoms with Crippen molar-refractivity contribution in [3.8, 4) is 0 Å². The monoisotopic (exact) mass is 491 g/mol. The molecular formula is C27H42ClN3O3. The van der Waals surface area contributed by atoms with E-state index in [0.717, 1.165) is 24.8 Å². The highest BCUT2D eigenvalue weighted by Gasteiger charge is 2.42. The van der Waals surface area contributed by atoms with Crippen LogP contribution in [0.15, 0.2) is 24.3 Å². The quantitative estimate of drug-likeness (QED) is 0.541. The van der Waals surface area contributed by atoms with Crippen LogP contribution in [-0.2, 0) is 16.0 Å². The predicted molar refractivity (Wildman–Crippen MR) is 137 cm³/mol. The van der Waals surface area contributed by atoms with Gasteiger partial charge < -0.3 is 20.7 Å². The highest BCUT2D eigenvalue weighted by molar-refractivity contribution is 6.30. The molecule has 1 aromatic carbocycles. The fourth-order valence-corrected chi connectivity index (χ4v) is 5.89. The van der Waals surface area contributed by atoms with E-state index in [1.807, 2.05) is 37.8 Å². The molecule has 2 aliphatic rings. The summed E-state index contributed by atoms with van der Waals surface area (Å²) in [6, 6.07) is 6.71. The number of piperidine rings is 1. The first-order chi connectivity index (χ1) is 16.1. The van der Waals surface area contributed by atoms with Crippen molar-refractivity contribution in [3.63, 3.8) is 0 Å². The van der Waals surface area contributed by atoms with Gasteiger partial charge in [-0.15, -0.1) is 0 Å².